The van der Waals surface area contributed by atoms with E-state index in [1.54, 1.807) is 6.92 Å². The second-order valence-electron chi connectivity index (χ2n) is 3.29. The van der Waals surface area contributed by atoms with Crippen LogP contribution in [0.1, 0.15) is 5.69 Å². The molecule has 0 spiro atoms. The number of oxazole rings is 1. The molecule has 0 saturated heterocycles. The van der Waals surface area contributed by atoms with Crippen molar-refractivity contribution < 1.29 is 12.8 Å². The second-order valence-corrected chi connectivity index (χ2v) is 4.97. The highest BCUT2D eigenvalue weighted by atomic mass is 32.2. The van der Waals surface area contributed by atoms with Crippen LogP contribution in [0, 0.1) is 6.92 Å². The standard InChI is InChI=1S/C9H9N3O4S/c1-6-5-16-9(11-6)12-17(14,15)7-2-3-8(13)10-4-7/h2-5H,1H3,(H,10,13)(H,11,12). The molecule has 0 atom stereocenters. The highest BCUT2D eigenvalue weighted by Crippen LogP contribution is 2.13. The number of nitrogens with one attached hydrogen (secondary N) is 2. The van der Waals surface area contributed by atoms with E-state index >= 15 is 0 Å². The molecule has 0 radical (unpaired) electrons. The number of aryl methyl sites for hydroxylation is 1. The molecule has 0 unspecified atom stereocenters. The summed E-state index contributed by atoms with van der Waals surface area (Å²) >= 11 is 0. The molecule has 2 N–H and O–H groups in total. The quantitative estimate of drug-likeness (QED) is 0.829. The molecule has 2 aromatic rings. The minimum Gasteiger partial charge on any atom is -0.431 e. The Kier molecular flexibility index (Phi) is 2.72. The van der Waals surface area contributed by atoms with E-state index in [0.717, 1.165) is 12.3 Å². The number of anilines is 1. The van der Waals surface area contributed by atoms with Crippen molar-refractivity contribution in [1.82, 2.24) is 9.97 Å². The van der Waals surface area contributed by atoms with Gasteiger partial charge in [0.15, 0.2) is 0 Å². The van der Waals surface area contributed by atoms with Crippen molar-refractivity contribution in [3.05, 3.63) is 40.6 Å². The van der Waals surface area contributed by atoms with Gasteiger partial charge in [-0.05, 0) is 13.0 Å². The zero-order chi connectivity index (χ0) is 12.5. The summed E-state index contributed by atoms with van der Waals surface area (Å²) in [5.74, 6) is 0. The number of hydrogen-bond acceptors (Lipinski definition) is 5. The Balaban J connectivity index is 2.31. The van der Waals surface area contributed by atoms with Crippen molar-refractivity contribution in [2.75, 3.05) is 4.72 Å². The maximum atomic E-state index is 11.8. The molecule has 0 aromatic carbocycles. The summed E-state index contributed by atoms with van der Waals surface area (Å²) < 4.78 is 30.6. The van der Waals surface area contributed by atoms with E-state index in [1.165, 1.54) is 12.3 Å². The number of rotatable bonds is 3. The molecule has 8 heteroatoms. The van der Waals surface area contributed by atoms with Crippen molar-refractivity contribution >= 4 is 16.0 Å². The van der Waals surface area contributed by atoms with Gasteiger partial charge in [0.05, 0.1) is 5.69 Å². The van der Waals surface area contributed by atoms with Crippen molar-refractivity contribution in [3.63, 3.8) is 0 Å². The van der Waals surface area contributed by atoms with E-state index in [0.29, 0.717) is 5.69 Å². The maximum Gasteiger partial charge on any atom is 0.309 e. The first-order valence-electron chi connectivity index (χ1n) is 4.61. The van der Waals surface area contributed by atoms with Crippen LogP contribution < -0.4 is 10.3 Å². The normalized spacial score (nSPS) is 11.4. The van der Waals surface area contributed by atoms with Gasteiger partial charge in [-0.15, -0.1) is 0 Å². The Hall–Kier alpha value is -2.09. The topological polar surface area (TPSA) is 105 Å². The van der Waals surface area contributed by atoms with Gasteiger partial charge in [0.1, 0.15) is 11.2 Å². The molecular weight excluding hydrogens is 246 g/mol. The molecule has 0 aliphatic carbocycles. The van der Waals surface area contributed by atoms with E-state index in [2.05, 4.69) is 14.7 Å². The minimum atomic E-state index is -3.79. The zero-order valence-corrected chi connectivity index (χ0v) is 9.61. The number of H-pyrrole nitrogens is 1. The molecule has 0 aliphatic rings. The number of pyridine rings is 1. The van der Waals surface area contributed by atoms with Crippen molar-refractivity contribution in [1.29, 1.82) is 0 Å². The predicted molar refractivity (Wildman–Crippen MR) is 59.1 cm³/mol. The van der Waals surface area contributed by atoms with Gasteiger partial charge in [-0.1, -0.05) is 0 Å². The fourth-order valence-electron chi connectivity index (χ4n) is 1.14. The SMILES string of the molecule is Cc1coc(NS(=O)(=O)c2ccc(=O)[nH]c2)n1. The molecule has 0 bridgehead atoms. The van der Waals surface area contributed by atoms with Gasteiger partial charge in [0.25, 0.3) is 10.0 Å². The Morgan fingerprint density at radius 1 is 1.41 bits per heavy atom. The molecule has 0 amide bonds. The Bertz CT molecular complexity index is 666. The average Bonchev–Trinajstić information content (AvgIpc) is 2.63. The van der Waals surface area contributed by atoms with Crippen LogP contribution in [0.5, 0.6) is 0 Å². The highest BCUT2D eigenvalue weighted by Gasteiger charge is 2.16. The summed E-state index contributed by atoms with van der Waals surface area (Å²) in [6, 6.07) is 2.19. The van der Waals surface area contributed by atoms with Gasteiger partial charge >= 0.3 is 6.01 Å². The molecule has 0 aliphatic heterocycles. The third kappa shape index (κ3) is 2.53. The number of hydrogen-bond donors (Lipinski definition) is 2. The maximum absolute atomic E-state index is 11.8. The fourth-order valence-corrected chi connectivity index (χ4v) is 2.04. The lowest BCUT2D eigenvalue weighted by Crippen LogP contribution is -2.15. The first-order valence-corrected chi connectivity index (χ1v) is 6.09. The molecule has 0 saturated carbocycles. The molecular formula is C9H9N3O4S. The largest absolute Gasteiger partial charge is 0.431 e. The average molecular weight is 255 g/mol. The zero-order valence-electron chi connectivity index (χ0n) is 8.80. The Morgan fingerprint density at radius 3 is 2.71 bits per heavy atom. The van der Waals surface area contributed by atoms with Gasteiger partial charge in [-0.2, -0.15) is 4.98 Å². The summed E-state index contributed by atoms with van der Waals surface area (Å²) in [6.45, 7) is 1.67. The lowest BCUT2D eigenvalue weighted by atomic mass is 10.5. The second kappa shape index (κ2) is 4.06. The van der Waals surface area contributed by atoms with Crippen LogP contribution in [-0.4, -0.2) is 18.4 Å². The van der Waals surface area contributed by atoms with Crippen molar-refractivity contribution in [3.8, 4) is 0 Å². The van der Waals surface area contributed by atoms with Gasteiger partial charge in [0.2, 0.25) is 5.56 Å². The van der Waals surface area contributed by atoms with E-state index in [4.69, 9.17) is 4.42 Å². The van der Waals surface area contributed by atoms with Crippen LogP contribution in [0.3, 0.4) is 0 Å². The Labute approximate surface area is 96.6 Å². The summed E-state index contributed by atoms with van der Waals surface area (Å²) in [5.41, 5.74) is 0.181. The van der Waals surface area contributed by atoms with Crippen LogP contribution in [0.2, 0.25) is 0 Å². The number of aromatic nitrogens is 2. The summed E-state index contributed by atoms with van der Waals surface area (Å²) in [4.78, 5) is 16.8. The predicted octanol–water partition coefficient (Wildman–Crippen LogP) is 0.472. The summed E-state index contributed by atoms with van der Waals surface area (Å²) in [7, 11) is -3.79. The lowest BCUT2D eigenvalue weighted by molar-refractivity contribution is 0.569. The van der Waals surface area contributed by atoms with E-state index in [9.17, 15) is 13.2 Å². The molecule has 90 valence electrons. The molecule has 2 aromatic heterocycles. The van der Waals surface area contributed by atoms with Gasteiger partial charge in [-0.3, -0.25) is 4.79 Å². The van der Waals surface area contributed by atoms with Crippen LogP contribution in [0.15, 0.2) is 38.7 Å². The number of sulfonamides is 1. The third-order valence-electron chi connectivity index (χ3n) is 1.91. The first kappa shape index (κ1) is 11.4. The van der Waals surface area contributed by atoms with Crippen molar-refractivity contribution in [2.24, 2.45) is 0 Å². The van der Waals surface area contributed by atoms with Crippen molar-refractivity contribution in [2.45, 2.75) is 11.8 Å². The van der Waals surface area contributed by atoms with E-state index in [-0.39, 0.29) is 16.5 Å². The van der Waals surface area contributed by atoms with Gasteiger partial charge in [-0.25, -0.2) is 13.1 Å². The lowest BCUT2D eigenvalue weighted by Gasteiger charge is -2.02. The minimum absolute atomic E-state index is 0.0760. The smallest absolute Gasteiger partial charge is 0.309 e. The third-order valence-corrected chi connectivity index (χ3v) is 3.22. The highest BCUT2D eigenvalue weighted by molar-refractivity contribution is 7.92. The van der Waals surface area contributed by atoms with Gasteiger partial charge < -0.3 is 9.40 Å². The molecule has 0 fully saturated rings. The number of nitrogens with zero attached hydrogens (tertiary/aromatic N) is 1. The molecule has 2 heterocycles. The number of aromatic amines is 1. The molecule has 7 nitrogen and oxygen atoms in total. The monoisotopic (exact) mass is 255 g/mol. The van der Waals surface area contributed by atoms with Crippen LogP contribution in [0.25, 0.3) is 0 Å². The summed E-state index contributed by atoms with van der Waals surface area (Å²) in [5, 5.41) is 0. The summed E-state index contributed by atoms with van der Waals surface area (Å²) in [6.07, 6.45) is 2.42. The molecule has 2 rings (SSSR count). The molecule has 17 heavy (non-hydrogen) atoms. The van der Waals surface area contributed by atoms with E-state index in [1.807, 2.05) is 0 Å². The van der Waals surface area contributed by atoms with E-state index < -0.39 is 10.0 Å². The van der Waals surface area contributed by atoms with Gasteiger partial charge in [0, 0.05) is 12.3 Å². The van der Waals surface area contributed by atoms with Crippen LogP contribution in [0.4, 0.5) is 6.01 Å². The first-order chi connectivity index (χ1) is 7.97. The fraction of sp³-hybridized carbons (Fsp3) is 0.111. The van der Waals surface area contributed by atoms with Crippen LogP contribution in [-0.2, 0) is 10.0 Å². The Morgan fingerprint density at radius 2 is 2.18 bits per heavy atom. The van der Waals surface area contributed by atoms with Crippen LogP contribution >= 0.6 is 0 Å².